The van der Waals surface area contributed by atoms with Crippen molar-refractivity contribution in [3.8, 4) is 16.8 Å². The van der Waals surface area contributed by atoms with Crippen molar-refractivity contribution in [2.75, 3.05) is 0 Å². The number of nitrogens with zero attached hydrogens (tertiary/aromatic N) is 1. The van der Waals surface area contributed by atoms with Crippen LogP contribution in [0.25, 0.3) is 44.2 Å². The Morgan fingerprint density at radius 3 is 2.50 bits per heavy atom. The molecule has 0 saturated heterocycles. The van der Waals surface area contributed by atoms with Gasteiger partial charge in [0.25, 0.3) is 0 Å². The first-order valence-electron chi connectivity index (χ1n) is 14.5. The number of hydrogen-bond donors (Lipinski definition) is 0. The monoisotopic (exact) mass is 491 g/mol. The van der Waals surface area contributed by atoms with Crippen LogP contribution in [-0.2, 0) is 5.41 Å². The molecule has 1 aromatic heterocycles. The van der Waals surface area contributed by atoms with E-state index >= 15 is 0 Å². The summed E-state index contributed by atoms with van der Waals surface area (Å²) in [7, 11) is 0. The predicted octanol–water partition coefficient (Wildman–Crippen LogP) is 10.1. The van der Waals surface area contributed by atoms with Crippen LogP contribution in [0.1, 0.15) is 74.1 Å². The minimum atomic E-state index is 0.168. The lowest BCUT2D eigenvalue weighted by atomic mass is 9.70. The van der Waals surface area contributed by atoms with Gasteiger partial charge in [-0.2, -0.15) is 0 Å². The molecule has 9 rings (SSSR count). The summed E-state index contributed by atoms with van der Waals surface area (Å²) in [6, 6.07) is 30.1. The van der Waals surface area contributed by atoms with Gasteiger partial charge in [-0.3, -0.25) is 0 Å². The molecule has 4 aromatic carbocycles. The first kappa shape index (κ1) is 22.2. The predicted molar refractivity (Wildman–Crippen MR) is 161 cm³/mol. The van der Waals surface area contributed by atoms with E-state index in [4.69, 9.17) is 0 Å². The standard InChI is InChI=1S/C35H27N.C2H6/c1-3-9-22(10-4-1)24-15-16-30-27(19-24)28-20-26(23-11-5-2-6-12-23)32-25-17-18-35(21-25)29-13-7-8-14-31(29)36(30)34(28)33(32)35;1-2/h2-3,5-16,19-20,25H,1,4,17-18,21H2;1-2H3. The fourth-order valence-corrected chi connectivity index (χ4v) is 8.19. The highest BCUT2D eigenvalue weighted by Gasteiger charge is 2.55. The zero-order valence-electron chi connectivity index (χ0n) is 22.3. The summed E-state index contributed by atoms with van der Waals surface area (Å²) in [6.07, 6.45) is 13.1. The van der Waals surface area contributed by atoms with E-state index in [2.05, 4.69) is 102 Å². The van der Waals surface area contributed by atoms with Gasteiger partial charge in [0.2, 0.25) is 0 Å². The topological polar surface area (TPSA) is 4.93 Å². The van der Waals surface area contributed by atoms with Gasteiger partial charge in [-0.05, 0) is 101 Å². The molecule has 5 aromatic rings. The Morgan fingerprint density at radius 1 is 0.816 bits per heavy atom. The van der Waals surface area contributed by atoms with E-state index in [1.54, 1.807) is 16.7 Å². The van der Waals surface area contributed by atoms with Crippen LogP contribution in [0.15, 0.2) is 97.1 Å². The number of allylic oxidation sites excluding steroid dienone is 4. The van der Waals surface area contributed by atoms with Crippen LogP contribution < -0.4 is 0 Å². The van der Waals surface area contributed by atoms with E-state index in [1.807, 2.05) is 13.8 Å². The van der Waals surface area contributed by atoms with Gasteiger partial charge in [0.05, 0.1) is 16.7 Å². The summed E-state index contributed by atoms with van der Waals surface area (Å²) >= 11 is 0. The van der Waals surface area contributed by atoms with Crippen molar-refractivity contribution in [3.05, 3.63) is 119 Å². The molecule has 2 heterocycles. The number of rotatable bonds is 2. The molecule has 1 spiro atoms. The third-order valence-electron chi connectivity index (χ3n) is 9.57. The molecule has 2 atom stereocenters. The molecule has 0 radical (unpaired) electrons. The SMILES string of the molecule is C1=CC(c2ccc3c(c2)c2cc(-c4ccccc4)c4c5c2n3-c2ccccc2C52CCC4C2)=CCC1.CC. The van der Waals surface area contributed by atoms with Crippen LogP contribution in [0.2, 0.25) is 0 Å². The van der Waals surface area contributed by atoms with Gasteiger partial charge in [0.15, 0.2) is 0 Å². The van der Waals surface area contributed by atoms with Crippen molar-refractivity contribution in [2.45, 2.75) is 57.3 Å². The molecule has 1 aliphatic heterocycles. The zero-order chi connectivity index (χ0) is 25.4. The lowest BCUT2D eigenvalue weighted by Gasteiger charge is -2.37. The van der Waals surface area contributed by atoms with Crippen molar-refractivity contribution < 1.29 is 0 Å². The van der Waals surface area contributed by atoms with Crippen molar-refractivity contribution >= 4 is 27.4 Å². The van der Waals surface area contributed by atoms with Gasteiger partial charge in [0, 0.05) is 16.2 Å². The molecule has 1 saturated carbocycles. The maximum Gasteiger partial charge on any atom is 0.0585 e. The fraction of sp³-hybridized carbons (Fsp3) is 0.243. The number of fused-ring (bicyclic) bond motifs is 7. The molecular weight excluding hydrogens is 458 g/mol. The second-order valence-electron chi connectivity index (χ2n) is 11.2. The second kappa shape index (κ2) is 8.08. The van der Waals surface area contributed by atoms with E-state index in [-0.39, 0.29) is 5.41 Å². The lowest BCUT2D eigenvalue weighted by Crippen LogP contribution is -2.29. The highest BCUT2D eigenvalue weighted by Crippen LogP contribution is 2.66. The van der Waals surface area contributed by atoms with Gasteiger partial charge in [-0.1, -0.05) is 86.7 Å². The summed E-state index contributed by atoms with van der Waals surface area (Å²) in [4.78, 5) is 0. The highest BCUT2D eigenvalue weighted by molar-refractivity contribution is 6.14. The first-order chi connectivity index (χ1) is 18.8. The van der Waals surface area contributed by atoms with E-state index < -0.39 is 0 Å². The molecule has 0 N–H and O–H groups in total. The van der Waals surface area contributed by atoms with E-state index in [0.717, 1.165) is 12.8 Å². The first-order valence-corrected chi connectivity index (χ1v) is 14.5. The quantitative estimate of drug-likeness (QED) is 0.231. The van der Waals surface area contributed by atoms with Gasteiger partial charge >= 0.3 is 0 Å². The molecule has 0 amide bonds. The fourth-order valence-electron chi connectivity index (χ4n) is 8.19. The summed E-state index contributed by atoms with van der Waals surface area (Å²) in [5, 5.41) is 2.81. The van der Waals surface area contributed by atoms with Gasteiger partial charge in [-0.25, -0.2) is 0 Å². The maximum absolute atomic E-state index is 2.61. The molecule has 2 unspecified atom stereocenters. The Hall–Kier alpha value is -3.84. The minimum Gasteiger partial charge on any atom is -0.309 e. The van der Waals surface area contributed by atoms with Crippen LogP contribution >= 0.6 is 0 Å². The molecule has 1 nitrogen and oxygen atoms in total. The average Bonchev–Trinajstić information content (AvgIpc) is 3.68. The molecule has 2 bridgehead atoms. The Morgan fingerprint density at radius 2 is 1.66 bits per heavy atom. The van der Waals surface area contributed by atoms with Crippen molar-refractivity contribution in [3.63, 3.8) is 0 Å². The molecule has 186 valence electrons. The number of aromatic nitrogens is 1. The lowest BCUT2D eigenvalue weighted by molar-refractivity contribution is 0.543. The minimum absolute atomic E-state index is 0.168. The van der Waals surface area contributed by atoms with Crippen molar-refractivity contribution in [1.29, 1.82) is 0 Å². The average molecular weight is 492 g/mol. The van der Waals surface area contributed by atoms with Crippen molar-refractivity contribution in [2.24, 2.45) is 0 Å². The largest absolute Gasteiger partial charge is 0.309 e. The van der Waals surface area contributed by atoms with E-state index in [0.29, 0.717) is 5.92 Å². The molecule has 1 heteroatoms. The molecule has 4 aliphatic rings. The third kappa shape index (κ3) is 2.72. The van der Waals surface area contributed by atoms with Crippen LogP contribution in [0.5, 0.6) is 0 Å². The Balaban J connectivity index is 0.00000110. The summed E-state index contributed by atoms with van der Waals surface area (Å²) in [5.41, 5.74) is 14.7. The molecule has 1 fully saturated rings. The Bertz CT molecular complexity index is 1810. The smallest absolute Gasteiger partial charge is 0.0585 e. The zero-order valence-corrected chi connectivity index (χ0v) is 22.3. The molecule has 38 heavy (non-hydrogen) atoms. The molecule has 3 aliphatic carbocycles. The third-order valence-corrected chi connectivity index (χ3v) is 9.57. The van der Waals surface area contributed by atoms with E-state index in [1.165, 1.54) is 69.0 Å². The number of benzene rings is 4. The Labute approximate surface area is 225 Å². The van der Waals surface area contributed by atoms with Crippen LogP contribution in [0.3, 0.4) is 0 Å². The maximum atomic E-state index is 2.61. The van der Waals surface area contributed by atoms with Crippen molar-refractivity contribution in [1.82, 2.24) is 4.57 Å². The normalized spacial score (nSPS) is 21.8. The second-order valence-corrected chi connectivity index (χ2v) is 11.2. The van der Waals surface area contributed by atoms with Gasteiger partial charge < -0.3 is 4.57 Å². The van der Waals surface area contributed by atoms with Crippen LogP contribution in [0, 0.1) is 0 Å². The number of hydrogen-bond acceptors (Lipinski definition) is 0. The van der Waals surface area contributed by atoms with Crippen LogP contribution in [0.4, 0.5) is 0 Å². The summed E-state index contributed by atoms with van der Waals surface area (Å²) in [5.74, 6) is 0.658. The highest BCUT2D eigenvalue weighted by atomic mass is 15.0. The number of para-hydroxylation sites is 1. The van der Waals surface area contributed by atoms with Gasteiger partial charge in [0.1, 0.15) is 0 Å². The molecular formula is C37H33N. The van der Waals surface area contributed by atoms with Crippen LogP contribution in [-0.4, -0.2) is 4.57 Å². The van der Waals surface area contributed by atoms with E-state index in [9.17, 15) is 0 Å². The summed E-state index contributed by atoms with van der Waals surface area (Å²) < 4.78 is 2.61. The van der Waals surface area contributed by atoms with Gasteiger partial charge in [-0.15, -0.1) is 0 Å². The Kier molecular flexibility index (Phi) is 4.71. The summed E-state index contributed by atoms with van der Waals surface area (Å²) in [6.45, 7) is 4.00.